The number of β-amino-alcohol motifs (C(OH)–C–C–N with tert-alkyl or cyclic N) is 1. The van der Waals surface area contributed by atoms with Gasteiger partial charge in [0.05, 0.1) is 19.8 Å². The number of hydrogen-bond acceptors (Lipinski definition) is 5. The third-order valence-corrected chi connectivity index (χ3v) is 5.32. The minimum atomic E-state index is -0.805. The van der Waals surface area contributed by atoms with E-state index in [0.29, 0.717) is 0 Å². The number of nitrogens with zero attached hydrogens (tertiary/aromatic N) is 1. The standard InChI is InChI=1S/C21H21NO5/c1-26-20(24)19-10-13(23)11-22(19)21(25)27-12-18-16-8-4-2-6-14(16)15-7-3-5-9-17(15)18/h2-9,13,18-19,23H,10-12H2,1H3/t13-,19-/m0/s1. The van der Waals surface area contributed by atoms with E-state index in [9.17, 15) is 14.7 Å². The summed E-state index contributed by atoms with van der Waals surface area (Å²) in [5.41, 5.74) is 4.55. The third-order valence-electron chi connectivity index (χ3n) is 5.32. The van der Waals surface area contributed by atoms with Crippen molar-refractivity contribution in [3.63, 3.8) is 0 Å². The van der Waals surface area contributed by atoms with Gasteiger partial charge in [-0.2, -0.15) is 0 Å². The molecule has 140 valence electrons. The van der Waals surface area contributed by atoms with Crippen LogP contribution in [-0.2, 0) is 14.3 Å². The zero-order chi connectivity index (χ0) is 19.0. The van der Waals surface area contributed by atoms with Crippen molar-refractivity contribution in [2.45, 2.75) is 24.5 Å². The number of esters is 1. The highest BCUT2D eigenvalue weighted by Crippen LogP contribution is 2.44. The first-order chi connectivity index (χ1) is 13.1. The second-order valence-corrected chi connectivity index (χ2v) is 6.88. The number of carbonyl (C=O) groups is 2. The van der Waals surface area contributed by atoms with Crippen LogP contribution in [0.2, 0.25) is 0 Å². The maximum atomic E-state index is 12.6. The van der Waals surface area contributed by atoms with Crippen LogP contribution in [0.15, 0.2) is 48.5 Å². The number of aliphatic hydroxyl groups is 1. The van der Waals surface area contributed by atoms with Crippen molar-refractivity contribution < 1.29 is 24.2 Å². The van der Waals surface area contributed by atoms with Gasteiger partial charge >= 0.3 is 12.1 Å². The molecule has 27 heavy (non-hydrogen) atoms. The van der Waals surface area contributed by atoms with Crippen molar-refractivity contribution in [2.24, 2.45) is 0 Å². The number of benzene rings is 2. The number of methoxy groups -OCH3 is 1. The van der Waals surface area contributed by atoms with Crippen molar-refractivity contribution in [2.75, 3.05) is 20.3 Å². The molecule has 2 aromatic carbocycles. The number of rotatable bonds is 3. The van der Waals surface area contributed by atoms with Crippen LogP contribution >= 0.6 is 0 Å². The Kier molecular flexibility index (Phi) is 4.58. The van der Waals surface area contributed by atoms with Crippen molar-refractivity contribution in [1.82, 2.24) is 4.90 Å². The fourth-order valence-electron chi connectivity index (χ4n) is 4.05. The van der Waals surface area contributed by atoms with Gasteiger partial charge in [0, 0.05) is 12.3 Å². The normalized spacial score (nSPS) is 20.9. The first-order valence-corrected chi connectivity index (χ1v) is 8.97. The number of fused-ring (bicyclic) bond motifs is 3. The van der Waals surface area contributed by atoms with Gasteiger partial charge in [-0.1, -0.05) is 48.5 Å². The lowest BCUT2D eigenvalue weighted by molar-refractivity contribution is -0.145. The molecule has 4 rings (SSSR count). The van der Waals surface area contributed by atoms with Crippen molar-refractivity contribution >= 4 is 12.1 Å². The molecule has 2 aliphatic rings. The minimum absolute atomic E-state index is 0.0505. The Morgan fingerprint density at radius 2 is 1.67 bits per heavy atom. The zero-order valence-corrected chi connectivity index (χ0v) is 15.0. The molecule has 2 atom stereocenters. The Hall–Kier alpha value is -2.86. The molecule has 0 radical (unpaired) electrons. The second kappa shape index (κ2) is 7.04. The van der Waals surface area contributed by atoms with Gasteiger partial charge in [-0.25, -0.2) is 9.59 Å². The van der Waals surface area contributed by atoms with E-state index in [-0.39, 0.29) is 25.5 Å². The molecule has 1 aliphatic carbocycles. The van der Waals surface area contributed by atoms with Crippen molar-refractivity contribution in [1.29, 1.82) is 0 Å². The maximum Gasteiger partial charge on any atom is 0.410 e. The molecule has 1 fully saturated rings. The summed E-state index contributed by atoms with van der Waals surface area (Å²) < 4.78 is 10.3. The highest BCUT2D eigenvalue weighted by Gasteiger charge is 2.41. The van der Waals surface area contributed by atoms with Crippen LogP contribution in [0, 0.1) is 0 Å². The fraction of sp³-hybridized carbons (Fsp3) is 0.333. The molecule has 1 saturated heterocycles. The molecule has 1 amide bonds. The van der Waals surface area contributed by atoms with Crippen LogP contribution in [0.4, 0.5) is 4.79 Å². The summed E-state index contributed by atoms with van der Waals surface area (Å²) in [5.74, 6) is -0.592. The first kappa shape index (κ1) is 17.5. The Balaban J connectivity index is 1.52. The van der Waals surface area contributed by atoms with Gasteiger partial charge in [0.1, 0.15) is 12.6 Å². The molecule has 1 heterocycles. The molecule has 0 aromatic heterocycles. The molecule has 0 unspecified atom stereocenters. The fourth-order valence-corrected chi connectivity index (χ4v) is 4.05. The van der Waals surface area contributed by atoms with Gasteiger partial charge in [-0.05, 0) is 22.3 Å². The van der Waals surface area contributed by atoms with Crippen LogP contribution in [-0.4, -0.2) is 54.5 Å². The smallest absolute Gasteiger partial charge is 0.410 e. The Morgan fingerprint density at radius 1 is 1.07 bits per heavy atom. The van der Waals surface area contributed by atoms with E-state index in [1.807, 2.05) is 36.4 Å². The molecule has 0 saturated carbocycles. The van der Waals surface area contributed by atoms with Crippen LogP contribution in [0.25, 0.3) is 11.1 Å². The van der Waals surface area contributed by atoms with E-state index in [0.717, 1.165) is 22.3 Å². The Bertz CT molecular complexity index is 835. The van der Waals surface area contributed by atoms with Crippen molar-refractivity contribution in [3.05, 3.63) is 59.7 Å². The average molecular weight is 367 g/mol. The molecule has 2 aromatic rings. The molecule has 6 heteroatoms. The summed E-state index contributed by atoms with van der Waals surface area (Å²) >= 11 is 0. The minimum Gasteiger partial charge on any atom is -0.467 e. The molecule has 0 bridgehead atoms. The van der Waals surface area contributed by atoms with Gasteiger partial charge in [-0.15, -0.1) is 0 Å². The van der Waals surface area contributed by atoms with Gasteiger partial charge in [-0.3, -0.25) is 4.90 Å². The average Bonchev–Trinajstić information content (AvgIpc) is 3.24. The molecule has 6 nitrogen and oxygen atoms in total. The maximum absolute atomic E-state index is 12.6. The van der Waals surface area contributed by atoms with Gasteiger partial charge in [0.2, 0.25) is 0 Å². The number of amides is 1. The third kappa shape index (κ3) is 3.06. The van der Waals surface area contributed by atoms with E-state index in [1.54, 1.807) is 0 Å². The van der Waals surface area contributed by atoms with Crippen LogP contribution in [0.1, 0.15) is 23.5 Å². The Labute approximate surface area is 157 Å². The lowest BCUT2D eigenvalue weighted by Crippen LogP contribution is -2.41. The van der Waals surface area contributed by atoms with Gasteiger partial charge < -0.3 is 14.6 Å². The molecule has 0 spiro atoms. The summed E-state index contributed by atoms with van der Waals surface area (Å²) in [6.07, 6.45) is -1.20. The molecular weight excluding hydrogens is 346 g/mol. The van der Waals surface area contributed by atoms with Crippen LogP contribution in [0.3, 0.4) is 0 Å². The second-order valence-electron chi connectivity index (χ2n) is 6.88. The van der Waals surface area contributed by atoms with E-state index < -0.39 is 24.2 Å². The summed E-state index contributed by atoms with van der Waals surface area (Å²) in [6.45, 7) is 0.240. The molecule has 1 aliphatic heterocycles. The summed E-state index contributed by atoms with van der Waals surface area (Å²) in [7, 11) is 1.27. The van der Waals surface area contributed by atoms with E-state index in [4.69, 9.17) is 9.47 Å². The largest absolute Gasteiger partial charge is 0.467 e. The summed E-state index contributed by atoms with van der Waals surface area (Å²) in [4.78, 5) is 25.7. The number of hydrogen-bond donors (Lipinski definition) is 1. The predicted octanol–water partition coefficient (Wildman–Crippen LogP) is 2.54. The van der Waals surface area contributed by atoms with E-state index in [2.05, 4.69) is 12.1 Å². The van der Waals surface area contributed by atoms with Crippen molar-refractivity contribution in [3.8, 4) is 11.1 Å². The quantitative estimate of drug-likeness (QED) is 0.844. The topological polar surface area (TPSA) is 76.1 Å². The SMILES string of the molecule is COC(=O)[C@@H]1C[C@H](O)CN1C(=O)OCC1c2ccccc2-c2ccccc21. The highest BCUT2D eigenvalue weighted by atomic mass is 16.6. The highest BCUT2D eigenvalue weighted by molar-refractivity contribution is 5.82. The number of likely N-dealkylation sites (tertiary alicyclic amines) is 1. The van der Waals surface area contributed by atoms with Gasteiger partial charge in [0.25, 0.3) is 0 Å². The van der Waals surface area contributed by atoms with Gasteiger partial charge in [0.15, 0.2) is 0 Å². The lowest BCUT2D eigenvalue weighted by Gasteiger charge is -2.23. The zero-order valence-electron chi connectivity index (χ0n) is 15.0. The number of aliphatic hydroxyl groups excluding tert-OH is 1. The first-order valence-electron chi connectivity index (χ1n) is 8.97. The summed E-state index contributed by atoms with van der Waals surface area (Å²) in [6, 6.07) is 15.4. The Morgan fingerprint density at radius 3 is 2.26 bits per heavy atom. The predicted molar refractivity (Wildman–Crippen MR) is 98.2 cm³/mol. The van der Waals surface area contributed by atoms with Crippen LogP contribution < -0.4 is 0 Å². The van der Waals surface area contributed by atoms with E-state index in [1.165, 1.54) is 12.0 Å². The number of carbonyl (C=O) groups excluding carboxylic acids is 2. The summed E-state index contributed by atoms with van der Waals surface area (Å²) in [5, 5.41) is 9.85. The van der Waals surface area contributed by atoms with Crippen LogP contribution in [0.5, 0.6) is 0 Å². The van der Waals surface area contributed by atoms with E-state index >= 15 is 0 Å². The molecule has 1 N–H and O–H groups in total. The number of ether oxygens (including phenoxy) is 2. The monoisotopic (exact) mass is 367 g/mol. The lowest BCUT2D eigenvalue weighted by atomic mass is 9.98. The molecular formula is C21H21NO5.